The average molecular weight is 819 g/mol. The first-order chi connectivity index (χ1) is 26.3. The van der Waals surface area contributed by atoms with Crippen LogP contribution in [0, 0.1) is 24.5 Å². The summed E-state index contributed by atoms with van der Waals surface area (Å²) >= 11 is 6.57. The van der Waals surface area contributed by atoms with Gasteiger partial charge in [-0.2, -0.15) is 19.0 Å². The summed E-state index contributed by atoms with van der Waals surface area (Å²) in [5.74, 6) is -8.84. The number of aryl methyl sites for hydroxylation is 2. The number of halogens is 7. The van der Waals surface area contributed by atoms with E-state index in [0.717, 1.165) is 23.0 Å². The molecule has 6 aromatic rings. The number of fused-ring (bicyclic) bond motifs is 5. The van der Waals surface area contributed by atoms with Gasteiger partial charge in [-0.3, -0.25) is 28.2 Å². The van der Waals surface area contributed by atoms with Crippen LogP contribution in [-0.2, 0) is 40.8 Å². The molecule has 1 saturated carbocycles. The Morgan fingerprint density at radius 1 is 1.09 bits per heavy atom. The minimum atomic E-state index is -3.88. The molecular formula is C36H29ClF6N8O4S. The Morgan fingerprint density at radius 3 is 2.48 bits per heavy atom. The number of rotatable bonds is 10. The Hall–Kier alpha value is -5.43. The number of carbonyl (C=O) groups is 1. The van der Waals surface area contributed by atoms with Gasteiger partial charge in [0.2, 0.25) is 15.9 Å². The van der Waals surface area contributed by atoms with E-state index in [1.54, 1.807) is 19.1 Å². The summed E-state index contributed by atoms with van der Waals surface area (Å²) in [5, 5.41) is 10.9. The van der Waals surface area contributed by atoms with Crippen LogP contribution < -0.4 is 15.6 Å². The largest absolute Gasteiger partial charge is 0.344 e. The Morgan fingerprint density at radius 2 is 1.80 bits per heavy atom. The highest BCUT2D eigenvalue weighted by molar-refractivity contribution is 7.92. The Bertz CT molecular complexity index is 2800. The summed E-state index contributed by atoms with van der Waals surface area (Å²) in [4.78, 5) is 33.4. The van der Waals surface area contributed by atoms with Gasteiger partial charge in [-0.15, -0.1) is 0 Å². The van der Waals surface area contributed by atoms with Crippen LogP contribution in [0.25, 0.3) is 27.5 Å². The molecule has 56 heavy (non-hydrogen) atoms. The maximum atomic E-state index is 15.4. The molecule has 0 saturated heterocycles. The second-order valence-corrected chi connectivity index (χ2v) is 16.2. The van der Waals surface area contributed by atoms with Gasteiger partial charge in [0.1, 0.15) is 35.4 Å². The number of alkyl halides is 4. The van der Waals surface area contributed by atoms with E-state index in [0.29, 0.717) is 16.3 Å². The Labute approximate surface area is 318 Å². The number of hydrogen-bond donors (Lipinski definition) is 2. The van der Waals surface area contributed by atoms with Crippen molar-refractivity contribution in [2.24, 2.45) is 13.0 Å². The first-order valence-corrected chi connectivity index (χ1v) is 19.3. The van der Waals surface area contributed by atoms with Gasteiger partial charge in [-0.25, -0.2) is 31.0 Å². The Kier molecular flexibility index (Phi) is 8.75. The van der Waals surface area contributed by atoms with Gasteiger partial charge in [0, 0.05) is 31.0 Å². The summed E-state index contributed by atoms with van der Waals surface area (Å²) in [6.07, 6.45) is -2.70. The van der Waals surface area contributed by atoms with Gasteiger partial charge in [0.25, 0.3) is 17.9 Å². The van der Waals surface area contributed by atoms with Crippen molar-refractivity contribution in [1.82, 2.24) is 34.4 Å². The maximum Gasteiger partial charge on any atom is 0.293 e. The number of nitrogens with one attached hydrogen (secondary N) is 2. The second kappa shape index (κ2) is 13.1. The third kappa shape index (κ3) is 6.25. The van der Waals surface area contributed by atoms with Gasteiger partial charge < -0.3 is 5.32 Å². The molecule has 0 radical (unpaired) electrons. The fourth-order valence-electron chi connectivity index (χ4n) is 7.75. The molecule has 3 atom stereocenters. The van der Waals surface area contributed by atoms with Crippen LogP contribution in [0.4, 0.5) is 32.2 Å². The van der Waals surface area contributed by atoms with Crippen LogP contribution >= 0.6 is 11.6 Å². The smallest absolute Gasteiger partial charge is 0.293 e. The highest BCUT2D eigenvalue weighted by atomic mass is 35.5. The summed E-state index contributed by atoms with van der Waals surface area (Å²) in [6, 6.07) is 8.75. The zero-order valence-electron chi connectivity index (χ0n) is 29.4. The van der Waals surface area contributed by atoms with Crippen LogP contribution in [0.15, 0.2) is 53.3 Å². The molecular weight excluding hydrogens is 790 g/mol. The highest BCUT2D eigenvalue weighted by Gasteiger charge is 2.67. The first-order valence-electron chi connectivity index (χ1n) is 17.0. The van der Waals surface area contributed by atoms with Crippen molar-refractivity contribution in [3.8, 4) is 5.69 Å². The van der Waals surface area contributed by atoms with Crippen molar-refractivity contribution in [3.63, 3.8) is 0 Å². The monoisotopic (exact) mass is 818 g/mol. The van der Waals surface area contributed by atoms with Gasteiger partial charge in [-0.1, -0.05) is 23.7 Å². The molecule has 20 heteroatoms. The number of benzene rings is 3. The topological polar surface area (TPSA) is 146 Å². The molecule has 3 aromatic heterocycles. The van der Waals surface area contributed by atoms with Crippen LogP contribution in [0.1, 0.15) is 58.7 Å². The maximum absolute atomic E-state index is 15.4. The molecule has 1 amide bonds. The quantitative estimate of drug-likeness (QED) is 0.154. The van der Waals surface area contributed by atoms with Crippen molar-refractivity contribution < 1.29 is 39.6 Å². The number of aromatic nitrogens is 6. The van der Waals surface area contributed by atoms with Gasteiger partial charge in [-0.05, 0) is 60.7 Å². The highest BCUT2D eigenvalue weighted by Crippen LogP contribution is 2.68. The van der Waals surface area contributed by atoms with Crippen molar-refractivity contribution in [2.75, 3.05) is 11.0 Å². The summed E-state index contributed by atoms with van der Waals surface area (Å²) in [6.45, 7) is 0.717. The zero-order chi connectivity index (χ0) is 40.2. The third-order valence-corrected chi connectivity index (χ3v) is 10.9. The number of carbonyl (C=O) groups excluding carboxylic acids is 1. The van der Waals surface area contributed by atoms with E-state index in [4.69, 9.17) is 16.6 Å². The third-order valence-electron chi connectivity index (χ3n) is 10.0. The predicted octanol–water partition coefficient (Wildman–Crippen LogP) is 6.33. The lowest BCUT2D eigenvalue weighted by atomic mass is 10.0. The normalized spacial score (nSPS) is 17.7. The lowest BCUT2D eigenvalue weighted by Gasteiger charge is -2.24. The molecule has 2 N–H and O–H groups in total. The number of anilines is 1. The molecule has 292 valence electrons. The fourth-order valence-corrected chi connectivity index (χ4v) is 8.48. The van der Waals surface area contributed by atoms with Crippen molar-refractivity contribution in [2.45, 2.75) is 50.6 Å². The molecule has 1 unspecified atom stereocenters. The van der Waals surface area contributed by atoms with Crippen LogP contribution in [0.5, 0.6) is 0 Å². The zero-order valence-corrected chi connectivity index (χ0v) is 31.0. The van der Waals surface area contributed by atoms with Gasteiger partial charge >= 0.3 is 0 Å². The first kappa shape index (κ1) is 37.5. The number of hydrogen-bond acceptors (Lipinski definition) is 7. The van der Waals surface area contributed by atoms with E-state index >= 15 is 8.78 Å². The molecule has 0 aliphatic heterocycles. The van der Waals surface area contributed by atoms with Gasteiger partial charge in [0.15, 0.2) is 5.82 Å². The molecule has 3 heterocycles. The van der Waals surface area contributed by atoms with E-state index in [9.17, 15) is 35.6 Å². The Balaban J connectivity index is 1.32. The average Bonchev–Trinajstić information content (AvgIpc) is 3.63. The molecule has 0 spiro atoms. The number of para-hydroxylation sites is 1. The lowest BCUT2D eigenvalue weighted by Crippen LogP contribution is -2.38. The SMILES string of the molecule is Cc1cccc2c(=O)n(-c3ccc(Cl)c4c(NS(C)(=O)=O)nn(C)c34)c(C(Cc3cc(F)cc(F)c3)NC(=O)Cn3nc(C(F)F)c4c3C(F)(F)[C@@H]3C[C@H]43)nc12. The van der Waals surface area contributed by atoms with Crippen LogP contribution in [-0.4, -0.2) is 49.7 Å². The molecule has 0 bridgehead atoms. The summed E-state index contributed by atoms with van der Waals surface area (Å²) in [5.41, 5.74) is -1.68. The van der Waals surface area contributed by atoms with E-state index in [2.05, 4.69) is 20.2 Å². The summed E-state index contributed by atoms with van der Waals surface area (Å²) in [7, 11) is -2.42. The fraction of sp³-hybridized carbons (Fsp3) is 0.306. The van der Waals surface area contributed by atoms with Crippen molar-refractivity contribution in [1.29, 1.82) is 0 Å². The van der Waals surface area contributed by atoms with Crippen molar-refractivity contribution in [3.05, 3.63) is 109 Å². The number of nitrogens with zero attached hydrogens (tertiary/aromatic N) is 6. The minimum absolute atomic E-state index is 0.00788. The lowest BCUT2D eigenvalue weighted by molar-refractivity contribution is -0.123. The van der Waals surface area contributed by atoms with E-state index in [1.165, 1.54) is 29.9 Å². The molecule has 3 aromatic carbocycles. The second-order valence-electron chi connectivity index (χ2n) is 14.0. The van der Waals surface area contributed by atoms with Gasteiger partial charge in [0.05, 0.1) is 44.8 Å². The number of sulfonamides is 1. The van der Waals surface area contributed by atoms with E-state index in [1.807, 2.05) is 0 Å². The van der Waals surface area contributed by atoms with Crippen molar-refractivity contribution >= 4 is 55.2 Å². The minimum Gasteiger partial charge on any atom is -0.344 e. The van der Waals surface area contributed by atoms with E-state index < -0.39 is 87.7 Å². The van der Waals surface area contributed by atoms with Crippen LogP contribution in [0.2, 0.25) is 5.02 Å². The molecule has 2 aliphatic rings. The predicted molar refractivity (Wildman–Crippen MR) is 193 cm³/mol. The molecule has 2 aliphatic carbocycles. The van der Waals surface area contributed by atoms with Crippen LogP contribution in [0.3, 0.4) is 0 Å². The molecule has 1 fully saturated rings. The molecule has 12 nitrogen and oxygen atoms in total. The standard InChI is InChI=1S/C36H29ClF6N8O4S/c1-15-5-4-6-19-28(15)45-34(51(35(19)53)24-8-7-22(37)27-30(24)49(2)47-33(27)48-56(3,54)55)23(11-16-9-17(38)12-18(39)10-16)44-25(52)14-50-31-26(29(46-50)32(40)41)20-13-21(20)36(31,42)43/h4-10,12,20-21,23,32H,11,13-14H2,1-3H3,(H,44,52)(H,47,48)/t20-,21+,23?/m0/s1. The molecule has 8 rings (SSSR count). The number of amides is 1. The van der Waals surface area contributed by atoms with E-state index in [-0.39, 0.29) is 61.7 Å². The summed E-state index contributed by atoms with van der Waals surface area (Å²) < 4.78 is 118.